The molecular formula is C20H17ClN4O2. The van der Waals surface area contributed by atoms with Gasteiger partial charge in [-0.25, -0.2) is 9.97 Å². The van der Waals surface area contributed by atoms with E-state index in [0.29, 0.717) is 34.9 Å². The van der Waals surface area contributed by atoms with Crippen molar-refractivity contribution >= 4 is 28.7 Å². The summed E-state index contributed by atoms with van der Waals surface area (Å²) in [7, 11) is 0. The van der Waals surface area contributed by atoms with Gasteiger partial charge in [0.05, 0.1) is 17.0 Å². The molecule has 1 aromatic carbocycles. The lowest BCUT2D eigenvalue weighted by molar-refractivity contribution is 0.0953. The predicted octanol–water partition coefficient (Wildman–Crippen LogP) is 3.95. The Morgan fingerprint density at radius 2 is 2.15 bits per heavy atom. The van der Waals surface area contributed by atoms with Crippen LogP contribution in [0.15, 0.2) is 59.3 Å². The molecule has 0 fully saturated rings. The maximum Gasteiger partial charge on any atom is 0.251 e. The second-order valence-electron chi connectivity index (χ2n) is 6.09. The SMILES string of the molecule is Cc1nc2cccnc2n1-c1cc(C(=O)NCCc2ccco2)ccc1Cl. The highest BCUT2D eigenvalue weighted by molar-refractivity contribution is 6.32. The zero-order chi connectivity index (χ0) is 18.8. The lowest BCUT2D eigenvalue weighted by Crippen LogP contribution is -2.25. The van der Waals surface area contributed by atoms with Gasteiger partial charge in [0, 0.05) is 24.7 Å². The Labute approximate surface area is 160 Å². The highest BCUT2D eigenvalue weighted by Gasteiger charge is 2.15. The van der Waals surface area contributed by atoms with Crippen LogP contribution < -0.4 is 5.32 Å². The normalized spacial score (nSPS) is 11.0. The molecule has 0 atom stereocenters. The average Bonchev–Trinajstić information content (AvgIpc) is 3.29. The summed E-state index contributed by atoms with van der Waals surface area (Å²) in [6.45, 7) is 2.37. The number of rotatable bonds is 5. The molecule has 0 aliphatic carbocycles. The predicted molar refractivity (Wildman–Crippen MR) is 103 cm³/mol. The van der Waals surface area contributed by atoms with Crippen molar-refractivity contribution in [1.82, 2.24) is 19.9 Å². The van der Waals surface area contributed by atoms with E-state index in [0.717, 1.165) is 17.1 Å². The van der Waals surface area contributed by atoms with Gasteiger partial charge < -0.3 is 9.73 Å². The maximum atomic E-state index is 12.5. The molecular weight excluding hydrogens is 364 g/mol. The lowest BCUT2D eigenvalue weighted by Gasteiger charge is -2.11. The van der Waals surface area contributed by atoms with Gasteiger partial charge in [-0.2, -0.15) is 0 Å². The number of nitrogens with one attached hydrogen (secondary N) is 1. The number of furan rings is 1. The Morgan fingerprint density at radius 3 is 2.96 bits per heavy atom. The van der Waals surface area contributed by atoms with Crippen LogP contribution in [-0.4, -0.2) is 27.0 Å². The van der Waals surface area contributed by atoms with Crippen LogP contribution in [0, 0.1) is 6.92 Å². The molecule has 3 heterocycles. The largest absolute Gasteiger partial charge is 0.469 e. The van der Waals surface area contributed by atoms with Crippen LogP contribution >= 0.6 is 11.6 Å². The monoisotopic (exact) mass is 380 g/mol. The Morgan fingerprint density at radius 1 is 1.26 bits per heavy atom. The second kappa shape index (κ2) is 7.25. The minimum Gasteiger partial charge on any atom is -0.469 e. The van der Waals surface area contributed by atoms with E-state index in [1.807, 2.05) is 35.8 Å². The maximum absolute atomic E-state index is 12.5. The van der Waals surface area contributed by atoms with E-state index in [4.69, 9.17) is 16.0 Å². The average molecular weight is 381 g/mol. The molecule has 0 aliphatic heterocycles. The zero-order valence-electron chi connectivity index (χ0n) is 14.6. The summed E-state index contributed by atoms with van der Waals surface area (Å²) in [5, 5.41) is 3.42. The Bertz CT molecular complexity index is 1100. The van der Waals surface area contributed by atoms with Crippen molar-refractivity contribution in [1.29, 1.82) is 0 Å². The highest BCUT2D eigenvalue weighted by Crippen LogP contribution is 2.26. The van der Waals surface area contributed by atoms with E-state index in [1.165, 1.54) is 0 Å². The summed E-state index contributed by atoms with van der Waals surface area (Å²) in [5.74, 6) is 1.41. The van der Waals surface area contributed by atoms with E-state index >= 15 is 0 Å². The number of pyridine rings is 1. The second-order valence-corrected chi connectivity index (χ2v) is 6.50. The van der Waals surface area contributed by atoms with Gasteiger partial charge in [-0.1, -0.05) is 11.6 Å². The Balaban J connectivity index is 1.61. The molecule has 0 unspecified atom stereocenters. The van der Waals surface area contributed by atoms with Gasteiger partial charge in [-0.05, 0) is 49.4 Å². The van der Waals surface area contributed by atoms with Crippen molar-refractivity contribution in [3.05, 3.63) is 77.1 Å². The fourth-order valence-electron chi connectivity index (χ4n) is 3.00. The number of aromatic nitrogens is 3. The van der Waals surface area contributed by atoms with Gasteiger partial charge in [0.2, 0.25) is 0 Å². The molecule has 3 aromatic heterocycles. The number of amides is 1. The third-order valence-electron chi connectivity index (χ3n) is 4.27. The molecule has 136 valence electrons. The van der Waals surface area contributed by atoms with Gasteiger partial charge in [0.15, 0.2) is 5.65 Å². The third-order valence-corrected chi connectivity index (χ3v) is 4.59. The molecule has 4 rings (SSSR count). The van der Waals surface area contributed by atoms with Crippen molar-refractivity contribution in [2.24, 2.45) is 0 Å². The molecule has 0 radical (unpaired) electrons. The molecule has 0 aliphatic rings. The number of hydrogen-bond acceptors (Lipinski definition) is 4. The number of hydrogen-bond donors (Lipinski definition) is 1. The van der Waals surface area contributed by atoms with Crippen molar-refractivity contribution in [3.8, 4) is 5.69 Å². The van der Waals surface area contributed by atoms with Crippen molar-refractivity contribution in [2.75, 3.05) is 6.54 Å². The zero-order valence-corrected chi connectivity index (χ0v) is 15.4. The van der Waals surface area contributed by atoms with Gasteiger partial charge >= 0.3 is 0 Å². The van der Waals surface area contributed by atoms with E-state index in [1.54, 1.807) is 30.7 Å². The topological polar surface area (TPSA) is 73.0 Å². The summed E-state index contributed by atoms with van der Waals surface area (Å²) in [5.41, 5.74) is 2.67. The van der Waals surface area contributed by atoms with Crippen LogP contribution in [0.4, 0.5) is 0 Å². The minimum absolute atomic E-state index is 0.172. The van der Waals surface area contributed by atoms with Crippen molar-refractivity contribution in [3.63, 3.8) is 0 Å². The smallest absolute Gasteiger partial charge is 0.251 e. The van der Waals surface area contributed by atoms with E-state index < -0.39 is 0 Å². The highest BCUT2D eigenvalue weighted by atomic mass is 35.5. The first-order valence-corrected chi connectivity index (χ1v) is 8.92. The Kier molecular flexibility index (Phi) is 4.64. The number of carbonyl (C=O) groups is 1. The number of fused-ring (bicyclic) bond motifs is 1. The molecule has 27 heavy (non-hydrogen) atoms. The molecule has 0 bridgehead atoms. The van der Waals surface area contributed by atoms with Crippen molar-refractivity contribution in [2.45, 2.75) is 13.3 Å². The molecule has 0 saturated carbocycles. The van der Waals surface area contributed by atoms with Crippen LogP contribution in [-0.2, 0) is 6.42 Å². The molecule has 1 N–H and O–H groups in total. The van der Waals surface area contributed by atoms with Gasteiger partial charge in [-0.3, -0.25) is 9.36 Å². The molecule has 1 amide bonds. The molecule has 0 saturated heterocycles. The number of aryl methyl sites for hydroxylation is 1. The standard InChI is InChI=1S/C20H17ClN4O2/c1-13-24-17-5-2-9-22-19(17)25(13)18-12-14(6-7-16(18)21)20(26)23-10-8-15-4-3-11-27-15/h2-7,9,11-12H,8,10H2,1H3,(H,23,26). The first-order chi connectivity index (χ1) is 13.1. The summed E-state index contributed by atoms with van der Waals surface area (Å²) in [6.07, 6.45) is 3.96. The summed E-state index contributed by atoms with van der Waals surface area (Å²) in [6, 6.07) is 12.6. The number of carbonyl (C=O) groups excluding carboxylic acids is 1. The molecule has 7 heteroatoms. The van der Waals surface area contributed by atoms with Gasteiger partial charge in [-0.15, -0.1) is 0 Å². The van der Waals surface area contributed by atoms with E-state index in [9.17, 15) is 4.79 Å². The first-order valence-electron chi connectivity index (χ1n) is 8.54. The van der Waals surface area contributed by atoms with Gasteiger partial charge in [0.1, 0.15) is 17.1 Å². The molecule has 0 spiro atoms. The minimum atomic E-state index is -0.172. The lowest BCUT2D eigenvalue weighted by atomic mass is 10.1. The van der Waals surface area contributed by atoms with Crippen LogP contribution in [0.2, 0.25) is 5.02 Å². The van der Waals surface area contributed by atoms with Crippen LogP contribution in [0.3, 0.4) is 0 Å². The summed E-state index contributed by atoms with van der Waals surface area (Å²) >= 11 is 6.42. The third kappa shape index (κ3) is 3.44. The van der Waals surface area contributed by atoms with Crippen molar-refractivity contribution < 1.29 is 9.21 Å². The summed E-state index contributed by atoms with van der Waals surface area (Å²) in [4.78, 5) is 21.4. The van der Waals surface area contributed by atoms with E-state index in [-0.39, 0.29) is 5.91 Å². The fourth-order valence-corrected chi connectivity index (χ4v) is 3.20. The molecule has 4 aromatic rings. The van der Waals surface area contributed by atoms with Crippen LogP contribution in [0.1, 0.15) is 21.9 Å². The number of halogens is 1. The molecule has 6 nitrogen and oxygen atoms in total. The quantitative estimate of drug-likeness (QED) is 0.569. The fraction of sp³-hybridized carbons (Fsp3) is 0.150. The first kappa shape index (κ1) is 17.3. The summed E-state index contributed by atoms with van der Waals surface area (Å²) < 4.78 is 7.13. The van der Waals surface area contributed by atoms with E-state index in [2.05, 4.69) is 15.3 Å². The van der Waals surface area contributed by atoms with Gasteiger partial charge in [0.25, 0.3) is 5.91 Å². The van der Waals surface area contributed by atoms with Crippen LogP contribution in [0.25, 0.3) is 16.9 Å². The van der Waals surface area contributed by atoms with Crippen LogP contribution in [0.5, 0.6) is 0 Å². The Hall–Kier alpha value is -3.12. The number of nitrogens with zero attached hydrogens (tertiary/aromatic N) is 3. The number of benzene rings is 1. The number of imidazole rings is 1.